The van der Waals surface area contributed by atoms with Crippen LogP contribution in [0.15, 0.2) is 24.3 Å². The summed E-state index contributed by atoms with van der Waals surface area (Å²) >= 11 is 0. The molecule has 1 rings (SSSR count). The van der Waals surface area contributed by atoms with Gasteiger partial charge in [-0.05, 0) is 56.4 Å². The summed E-state index contributed by atoms with van der Waals surface area (Å²) in [5, 5.41) is 3.45. The second-order valence-corrected chi connectivity index (χ2v) is 4.56. The Morgan fingerprint density at radius 1 is 0.941 bits per heavy atom. The van der Waals surface area contributed by atoms with E-state index in [1.165, 1.54) is 30.4 Å². The Balaban J connectivity index is 2.14. The molecule has 0 saturated heterocycles. The van der Waals surface area contributed by atoms with E-state index >= 15 is 0 Å². The Labute approximate surface area is 106 Å². The van der Waals surface area contributed by atoms with Crippen molar-refractivity contribution in [3.05, 3.63) is 35.4 Å². The maximum atomic E-state index is 5.45. The molecule has 0 fully saturated rings. The van der Waals surface area contributed by atoms with E-state index in [-0.39, 0.29) is 0 Å². The van der Waals surface area contributed by atoms with Gasteiger partial charge in [0, 0.05) is 0 Å². The SMILES string of the molecule is CCCc1ccc(CCNCCCCN)cc1. The number of aryl methyl sites for hydroxylation is 1. The van der Waals surface area contributed by atoms with E-state index in [1.807, 2.05) is 0 Å². The summed E-state index contributed by atoms with van der Waals surface area (Å²) in [5.74, 6) is 0. The molecule has 1 aromatic rings. The van der Waals surface area contributed by atoms with Crippen LogP contribution in [0.2, 0.25) is 0 Å². The summed E-state index contributed by atoms with van der Waals surface area (Å²) in [6.07, 6.45) is 5.85. The normalized spacial score (nSPS) is 10.7. The highest BCUT2D eigenvalue weighted by atomic mass is 14.8. The molecular formula is C15H26N2. The van der Waals surface area contributed by atoms with Crippen molar-refractivity contribution in [1.29, 1.82) is 0 Å². The molecule has 2 heteroatoms. The van der Waals surface area contributed by atoms with Gasteiger partial charge in [-0.1, -0.05) is 37.6 Å². The van der Waals surface area contributed by atoms with Crippen LogP contribution in [0.25, 0.3) is 0 Å². The fourth-order valence-corrected chi connectivity index (χ4v) is 1.91. The standard InChI is InChI=1S/C15H26N2/c1-2-5-14-6-8-15(9-7-14)10-13-17-12-4-3-11-16/h6-9,17H,2-5,10-13,16H2,1H3. The monoisotopic (exact) mass is 234 g/mol. The largest absolute Gasteiger partial charge is 0.330 e. The number of hydrogen-bond donors (Lipinski definition) is 2. The molecule has 0 atom stereocenters. The van der Waals surface area contributed by atoms with Gasteiger partial charge < -0.3 is 11.1 Å². The third kappa shape index (κ3) is 6.44. The molecule has 0 amide bonds. The Kier molecular flexibility index (Phi) is 7.69. The van der Waals surface area contributed by atoms with Gasteiger partial charge in [0.2, 0.25) is 0 Å². The Hall–Kier alpha value is -0.860. The molecule has 0 spiro atoms. The minimum Gasteiger partial charge on any atom is -0.330 e. The maximum Gasteiger partial charge on any atom is -0.000835 e. The number of rotatable bonds is 9. The lowest BCUT2D eigenvalue weighted by molar-refractivity contribution is 0.627. The van der Waals surface area contributed by atoms with Crippen LogP contribution in [0, 0.1) is 0 Å². The molecule has 3 N–H and O–H groups in total. The van der Waals surface area contributed by atoms with E-state index in [9.17, 15) is 0 Å². The third-order valence-electron chi connectivity index (χ3n) is 2.96. The van der Waals surface area contributed by atoms with Crippen molar-refractivity contribution < 1.29 is 0 Å². The van der Waals surface area contributed by atoms with Crippen LogP contribution in [0.1, 0.15) is 37.3 Å². The third-order valence-corrected chi connectivity index (χ3v) is 2.96. The van der Waals surface area contributed by atoms with E-state index in [2.05, 4.69) is 36.5 Å². The summed E-state index contributed by atoms with van der Waals surface area (Å²) in [6.45, 7) is 5.18. The predicted molar refractivity (Wildman–Crippen MR) is 75.3 cm³/mol. The van der Waals surface area contributed by atoms with Crippen molar-refractivity contribution >= 4 is 0 Å². The van der Waals surface area contributed by atoms with Crippen molar-refractivity contribution in [3.8, 4) is 0 Å². The lowest BCUT2D eigenvalue weighted by Crippen LogP contribution is -2.19. The zero-order valence-electron chi connectivity index (χ0n) is 11.0. The van der Waals surface area contributed by atoms with Crippen LogP contribution < -0.4 is 11.1 Å². The number of nitrogens with two attached hydrogens (primary N) is 1. The highest BCUT2D eigenvalue weighted by Crippen LogP contribution is 2.06. The summed E-state index contributed by atoms with van der Waals surface area (Å²) in [7, 11) is 0. The van der Waals surface area contributed by atoms with Crippen LogP contribution in [-0.2, 0) is 12.8 Å². The summed E-state index contributed by atoms with van der Waals surface area (Å²) in [6, 6.07) is 9.03. The first-order chi connectivity index (χ1) is 8.36. The highest BCUT2D eigenvalue weighted by molar-refractivity contribution is 5.22. The molecule has 0 aliphatic rings. The van der Waals surface area contributed by atoms with Gasteiger partial charge in [-0.2, -0.15) is 0 Å². The van der Waals surface area contributed by atoms with Crippen molar-refractivity contribution in [3.63, 3.8) is 0 Å². The van der Waals surface area contributed by atoms with Gasteiger partial charge in [0.15, 0.2) is 0 Å². The molecular weight excluding hydrogens is 208 g/mol. The molecule has 0 aliphatic heterocycles. The average Bonchev–Trinajstić information content (AvgIpc) is 2.36. The number of hydrogen-bond acceptors (Lipinski definition) is 2. The predicted octanol–water partition coefficient (Wildman–Crippen LogP) is 2.51. The minimum atomic E-state index is 0.806. The fourth-order valence-electron chi connectivity index (χ4n) is 1.91. The molecule has 0 radical (unpaired) electrons. The van der Waals surface area contributed by atoms with Gasteiger partial charge in [-0.25, -0.2) is 0 Å². The summed E-state index contributed by atoms with van der Waals surface area (Å²) in [4.78, 5) is 0. The van der Waals surface area contributed by atoms with Crippen molar-refractivity contribution in [1.82, 2.24) is 5.32 Å². The highest BCUT2D eigenvalue weighted by Gasteiger charge is 1.94. The summed E-state index contributed by atoms with van der Waals surface area (Å²) in [5.41, 5.74) is 8.32. The number of benzene rings is 1. The molecule has 0 aliphatic carbocycles. The van der Waals surface area contributed by atoms with Gasteiger partial charge in [-0.15, -0.1) is 0 Å². The molecule has 0 aromatic heterocycles. The van der Waals surface area contributed by atoms with Crippen LogP contribution >= 0.6 is 0 Å². The van der Waals surface area contributed by atoms with Gasteiger partial charge in [0.05, 0.1) is 0 Å². The lowest BCUT2D eigenvalue weighted by Gasteiger charge is -2.05. The molecule has 0 unspecified atom stereocenters. The van der Waals surface area contributed by atoms with E-state index in [0.29, 0.717) is 0 Å². The lowest BCUT2D eigenvalue weighted by atomic mass is 10.1. The first-order valence-corrected chi connectivity index (χ1v) is 6.85. The van der Waals surface area contributed by atoms with Gasteiger partial charge in [0.1, 0.15) is 0 Å². The maximum absolute atomic E-state index is 5.45. The van der Waals surface area contributed by atoms with Crippen LogP contribution in [0.3, 0.4) is 0 Å². The van der Waals surface area contributed by atoms with Gasteiger partial charge in [0.25, 0.3) is 0 Å². The van der Waals surface area contributed by atoms with Crippen LogP contribution in [0.4, 0.5) is 0 Å². The molecule has 17 heavy (non-hydrogen) atoms. The second kappa shape index (κ2) is 9.20. The Morgan fingerprint density at radius 2 is 1.59 bits per heavy atom. The van der Waals surface area contributed by atoms with E-state index in [4.69, 9.17) is 5.73 Å². The van der Waals surface area contributed by atoms with Crippen LogP contribution in [0.5, 0.6) is 0 Å². The molecule has 1 aromatic carbocycles. The number of unbranched alkanes of at least 4 members (excludes halogenated alkanes) is 1. The zero-order valence-corrected chi connectivity index (χ0v) is 11.0. The van der Waals surface area contributed by atoms with Crippen molar-refractivity contribution in [2.75, 3.05) is 19.6 Å². The molecule has 96 valence electrons. The molecule has 2 nitrogen and oxygen atoms in total. The zero-order chi connectivity index (χ0) is 12.3. The first kappa shape index (κ1) is 14.2. The quantitative estimate of drug-likeness (QED) is 0.644. The molecule has 0 saturated carbocycles. The van der Waals surface area contributed by atoms with Gasteiger partial charge in [-0.3, -0.25) is 0 Å². The fraction of sp³-hybridized carbons (Fsp3) is 0.600. The Morgan fingerprint density at radius 3 is 2.18 bits per heavy atom. The summed E-state index contributed by atoms with van der Waals surface area (Å²) < 4.78 is 0. The Bertz CT molecular complexity index is 279. The molecule has 0 bridgehead atoms. The minimum absolute atomic E-state index is 0.806. The average molecular weight is 234 g/mol. The topological polar surface area (TPSA) is 38.0 Å². The smallest absolute Gasteiger partial charge is 0.000835 e. The van der Waals surface area contributed by atoms with E-state index in [1.54, 1.807) is 0 Å². The van der Waals surface area contributed by atoms with Crippen molar-refractivity contribution in [2.24, 2.45) is 5.73 Å². The van der Waals surface area contributed by atoms with Crippen molar-refractivity contribution in [2.45, 2.75) is 39.0 Å². The van der Waals surface area contributed by atoms with E-state index < -0.39 is 0 Å². The second-order valence-electron chi connectivity index (χ2n) is 4.56. The first-order valence-electron chi connectivity index (χ1n) is 6.85. The molecule has 0 heterocycles. The van der Waals surface area contributed by atoms with Gasteiger partial charge >= 0.3 is 0 Å². The van der Waals surface area contributed by atoms with Crippen LogP contribution in [-0.4, -0.2) is 19.6 Å². The van der Waals surface area contributed by atoms with E-state index in [0.717, 1.165) is 32.5 Å². The number of nitrogens with one attached hydrogen (secondary N) is 1.